The van der Waals surface area contributed by atoms with Crippen LogP contribution in [0.5, 0.6) is 0 Å². The van der Waals surface area contributed by atoms with Crippen molar-refractivity contribution in [1.82, 2.24) is 15.1 Å². The molecule has 0 aromatic rings. The topological polar surface area (TPSA) is 35.6 Å². The molecule has 3 aliphatic rings. The molecule has 2 aliphatic heterocycles. The van der Waals surface area contributed by atoms with Crippen molar-refractivity contribution in [2.75, 3.05) is 32.1 Å². The summed E-state index contributed by atoms with van der Waals surface area (Å²) in [5.41, 5.74) is 0. The van der Waals surface area contributed by atoms with Crippen LogP contribution in [0.2, 0.25) is 0 Å². The largest absolute Gasteiger partial charge is 0.353 e. The highest BCUT2D eigenvalue weighted by Crippen LogP contribution is 2.29. The monoisotopic (exact) mass is 299 g/mol. The van der Waals surface area contributed by atoms with Crippen LogP contribution in [0.3, 0.4) is 0 Å². The minimum Gasteiger partial charge on any atom is -0.353 e. The summed E-state index contributed by atoms with van der Waals surface area (Å²) in [5.74, 6) is 1.75. The highest BCUT2D eigenvalue weighted by atomic mass is 32.2. The third kappa shape index (κ3) is 3.61. The summed E-state index contributed by atoms with van der Waals surface area (Å²) >= 11 is 7.12. The summed E-state index contributed by atoms with van der Waals surface area (Å²) < 4.78 is 1.05. The Bertz CT molecular complexity index is 365. The van der Waals surface area contributed by atoms with E-state index in [0.29, 0.717) is 12.0 Å². The number of carbonyl (C=O) groups excluding carboxylic acids is 1. The Morgan fingerprint density at radius 3 is 2.58 bits per heavy atom. The zero-order valence-corrected chi connectivity index (χ0v) is 12.8. The van der Waals surface area contributed by atoms with Gasteiger partial charge in [0.05, 0.1) is 6.67 Å². The number of likely N-dealkylation sites (tertiary alicyclic amines) is 1. The van der Waals surface area contributed by atoms with E-state index in [-0.39, 0.29) is 5.91 Å². The number of piperidine rings is 1. The lowest BCUT2D eigenvalue weighted by atomic mass is 10.1. The molecule has 0 bridgehead atoms. The fourth-order valence-corrected chi connectivity index (χ4v) is 3.90. The van der Waals surface area contributed by atoms with E-state index in [9.17, 15) is 4.79 Å². The molecule has 0 radical (unpaired) electrons. The van der Waals surface area contributed by atoms with Gasteiger partial charge in [0.25, 0.3) is 0 Å². The number of hydrogen-bond donors (Lipinski definition) is 1. The second-order valence-corrected chi connectivity index (χ2v) is 7.42. The van der Waals surface area contributed by atoms with Crippen LogP contribution in [0.25, 0.3) is 0 Å². The van der Waals surface area contributed by atoms with Gasteiger partial charge >= 0.3 is 0 Å². The zero-order chi connectivity index (χ0) is 13.2. The van der Waals surface area contributed by atoms with Crippen LogP contribution in [0.1, 0.15) is 25.7 Å². The molecule has 3 fully saturated rings. The van der Waals surface area contributed by atoms with Crippen molar-refractivity contribution in [3.05, 3.63) is 0 Å². The molecule has 4 nitrogen and oxygen atoms in total. The van der Waals surface area contributed by atoms with Crippen molar-refractivity contribution in [1.29, 1.82) is 0 Å². The van der Waals surface area contributed by atoms with Gasteiger partial charge in [-0.3, -0.25) is 9.69 Å². The second kappa shape index (κ2) is 5.97. The molecule has 0 aromatic heterocycles. The maximum atomic E-state index is 11.7. The van der Waals surface area contributed by atoms with E-state index in [0.717, 1.165) is 62.1 Å². The van der Waals surface area contributed by atoms with E-state index in [4.69, 9.17) is 12.2 Å². The minimum atomic E-state index is 0.288. The number of thioether (sulfide) groups is 1. The molecule has 2 heterocycles. The summed E-state index contributed by atoms with van der Waals surface area (Å²) in [6, 6.07) is 0.393. The first-order valence-electron chi connectivity index (χ1n) is 7.17. The number of thiocarbonyl (C=S) groups is 1. The minimum absolute atomic E-state index is 0.288. The van der Waals surface area contributed by atoms with E-state index in [1.165, 1.54) is 0 Å². The summed E-state index contributed by atoms with van der Waals surface area (Å²) in [7, 11) is 0. The fourth-order valence-electron chi connectivity index (χ4n) is 2.68. The molecule has 1 N–H and O–H groups in total. The Labute approximate surface area is 124 Å². The van der Waals surface area contributed by atoms with Crippen LogP contribution in [-0.4, -0.2) is 58.1 Å². The van der Waals surface area contributed by atoms with E-state index in [2.05, 4.69) is 15.1 Å². The second-order valence-electron chi connectivity index (χ2n) is 5.69. The quantitative estimate of drug-likeness (QED) is 0.791. The molecule has 3 rings (SSSR count). The van der Waals surface area contributed by atoms with E-state index in [1.54, 1.807) is 11.8 Å². The predicted molar refractivity (Wildman–Crippen MR) is 82.1 cm³/mol. The molecule has 1 aliphatic carbocycles. The standard InChI is InChI=1S/C13H21N3OS2/c17-12(10-1-2-10)14-11-3-5-15(6-4-11)9-16-7-8-19-13(16)18/h10-11H,1-9H2,(H,14,17). The lowest BCUT2D eigenvalue weighted by molar-refractivity contribution is -0.123. The van der Waals surface area contributed by atoms with E-state index < -0.39 is 0 Å². The Balaban J connectivity index is 1.39. The van der Waals surface area contributed by atoms with Crippen LogP contribution < -0.4 is 5.32 Å². The number of nitrogens with one attached hydrogen (secondary N) is 1. The third-order valence-corrected chi connectivity index (χ3v) is 5.60. The average Bonchev–Trinajstić information content (AvgIpc) is 3.18. The Hall–Kier alpha value is -0.330. The van der Waals surface area contributed by atoms with Gasteiger partial charge < -0.3 is 10.2 Å². The summed E-state index contributed by atoms with van der Waals surface area (Å²) in [5, 5.41) is 3.19. The van der Waals surface area contributed by atoms with Gasteiger partial charge in [0, 0.05) is 37.3 Å². The van der Waals surface area contributed by atoms with Crippen molar-refractivity contribution in [2.45, 2.75) is 31.7 Å². The molecule has 19 heavy (non-hydrogen) atoms. The summed E-state index contributed by atoms with van der Waals surface area (Å²) in [4.78, 5) is 16.5. The molecule has 0 atom stereocenters. The third-order valence-electron chi connectivity index (χ3n) is 4.10. The average molecular weight is 299 g/mol. The van der Waals surface area contributed by atoms with Crippen LogP contribution in [0, 0.1) is 5.92 Å². The van der Waals surface area contributed by atoms with Gasteiger partial charge in [-0.05, 0) is 25.7 Å². The Kier molecular flexibility index (Phi) is 4.29. The predicted octanol–water partition coefficient (Wildman–Crippen LogP) is 1.27. The van der Waals surface area contributed by atoms with Crippen LogP contribution in [0.15, 0.2) is 0 Å². The molecule has 0 aromatic carbocycles. The lowest BCUT2D eigenvalue weighted by Crippen LogP contribution is -2.48. The zero-order valence-electron chi connectivity index (χ0n) is 11.1. The van der Waals surface area contributed by atoms with Gasteiger partial charge in [-0.15, -0.1) is 0 Å². The first kappa shape index (κ1) is 13.6. The van der Waals surface area contributed by atoms with Crippen molar-refractivity contribution in [3.63, 3.8) is 0 Å². The van der Waals surface area contributed by atoms with E-state index >= 15 is 0 Å². The smallest absolute Gasteiger partial charge is 0.223 e. The first-order valence-corrected chi connectivity index (χ1v) is 8.56. The fraction of sp³-hybridized carbons (Fsp3) is 0.846. The SMILES string of the molecule is O=C(NC1CCN(CN2CCSC2=S)CC1)C1CC1. The van der Waals surface area contributed by atoms with Gasteiger partial charge in [0.2, 0.25) is 5.91 Å². The molecular weight excluding hydrogens is 278 g/mol. The number of hydrogen-bond acceptors (Lipinski definition) is 4. The highest BCUT2D eigenvalue weighted by molar-refractivity contribution is 8.23. The van der Waals surface area contributed by atoms with Crippen molar-refractivity contribution in [2.24, 2.45) is 5.92 Å². The maximum Gasteiger partial charge on any atom is 0.223 e. The molecule has 0 spiro atoms. The van der Waals surface area contributed by atoms with Crippen molar-refractivity contribution in [3.8, 4) is 0 Å². The molecule has 6 heteroatoms. The Morgan fingerprint density at radius 2 is 2.00 bits per heavy atom. The normalized spacial score (nSPS) is 25.9. The van der Waals surface area contributed by atoms with Crippen LogP contribution in [0.4, 0.5) is 0 Å². The molecule has 0 unspecified atom stereocenters. The molecule has 106 valence electrons. The lowest BCUT2D eigenvalue weighted by Gasteiger charge is -2.35. The summed E-state index contributed by atoms with van der Waals surface area (Å²) in [6.07, 6.45) is 4.34. The van der Waals surface area contributed by atoms with Gasteiger partial charge in [0.15, 0.2) is 0 Å². The van der Waals surface area contributed by atoms with Crippen molar-refractivity contribution < 1.29 is 4.79 Å². The molecule has 2 saturated heterocycles. The summed E-state index contributed by atoms with van der Waals surface area (Å²) in [6.45, 7) is 4.19. The van der Waals surface area contributed by atoms with Gasteiger partial charge in [-0.1, -0.05) is 24.0 Å². The van der Waals surface area contributed by atoms with Crippen LogP contribution in [-0.2, 0) is 4.79 Å². The number of amides is 1. The van der Waals surface area contributed by atoms with Gasteiger partial charge in [-0.2, -0.15) is 0 Å². The Morgan fingerprint density at radius 1 is 1.26 bits per heavy atom. The van der Waals surface area contributed by atoms with Crippen molar-refractivity contribution >= 4 is 34.2 Å². The highest BCUT2D eigenvalue weighted by Gasteiger charge is 2.32. The van der Waals surface area contributed by atoms with Crippen LogP contribution >= 0.6 is 24.0 Å². The molecule has 1 saturated carbocycles. The maximum absolute atomic E-state index is 11.7. The van der Waals surface area contributed by atoms with E-state index in [1.807, 2.05) is 0 Å². The van der Waals surface area contributed by atoms with Gasteiger partial charge in [0.1, 0.15) is 4.32 Å². The molecular formula is C13H21N3OS2. The first-order chi connectivity index (χ1) is 9.22. The van der Waals surface area contributed by atoms with Gasteiger partial charge in [-0.25, -0.2) is 0 Å². The molecule has 1 amide bonds. The number of rotatable bonds is 4. The number of carbonyl (C=O) groups is 1. The number of nitrogens with zero attached hydrogens (tertiary/aromatic N) is 2.